The molecule has 0 fully saturated rings. The van der Waals surface area contributed by atoms with Crippen molar-refractivity contribution in [1.29, 1.82) is 0 Å². The Kier molecular flexibility index (Phi) is 5.33. The van der Waals surface area contributed by atoms with Crippen LogP contribution in [0.5, 0.6) is 0 Å². The van der Waals surface area contributed by atoms with Crippen molar-refractivity contribution in [3.8, 4) is 11.8 Å². The third kappa shape index (κ3) is 4.89. The van der Waals surface area contributed by atoms with Crippen molar-refractivity contribution in [2.75, 3.05) is 6.61 Å². The van der Waals surface area contributed by atoms with Gasteiger partial charge < -0.3 is 9.84 Å². The highest BCUT2D eigenvalue weighted by Crippen LogP contribution is 2.23. The van der Waals surface area contributed by atoms with E-state index in [4.69, 9.17) is 5.11 Å². The van der Waals surface area contributed by atoms with E-state index < -0.39 is 24.7 Å². The Hall–Kier alpha value is -1.58. The van der Waals surface area contributed by atoms with Crippen molar-refractivity contribution in [2.24, 2.45) is 0 Å². The normalized spacial score (nSPS) is 12.7. The van der Waals surface area contributed by atoms with Gasteiger partial charge >= 0.3 is 6.18 Å². The van der Waals surface area contributed by atoms with Crippen LogP contribution >= 0.6 is 0 Å². The minimum atomic E-state index is -4.43. The topological polar surface area (TPSA) is 29.5 Å². The van der Waals surface area contributed by atoms with E-state index in [2.05, 4.69) is 16.6 Å². The summed E-state index contributed by atoms with van der Waals surface area (Å²) in [5.74, 6) is 4.03. The molecule has 6 heteroatoms. The molecule has 0 saturated carbocycles. The first-order valence-electron chi connectivity index (χ1n) is 5.41. The maximum absolute atomic E-state index is 13.3. The van der Waals surface area contributed by atoms with Crippen LogP contribution in [0.4, 0.5) is 17.6 Å². The molecule has 0 aromatic heterocycles. The number of benzene rings is 1. The van der Waals surface area contributed by atoms with Crippen molar-refractivity contribution in [1.82, 2.24) is 0 Å². The van der Waals surface area contributed by atoms with Crippen molar-refractivity contribution in [2.45, 2.75) is 25.8 Å². The summed E-state index contributed by atoms with van der Waals surface area (Å²) >= 11 is 0. The molecule has 0 spiro atoms. The molecule has 19 heavy (non-hydrogen) atoms. The van der Waals surface area contributed by atoms with Crippen LogP contribution in [0.15, 0.2) is 18.2 Å². The second-order valence-electron chi connectivity index (χ2n) is 3.77. The summed E-state index contributed by atoms with van der Waals surface area (Å²) in [5.41, 5.74) is 0.384. The van der Waals surface area contributed by atoms with Gasteiger partial charge in [-0.1, -0.05) is 17.9 Å². The van der Waals surface area contributed by atoms with Gasteiger partial charge in [0.15, 0.2) is 6.10 Å². The van der Waals surface area contributed by atoms with Gasteiger partial charge in [0.25, 0.3) is 0 Å². The van der Waals surface area contributed by atoms with Crippen LogP contribution in [-0.4, -0.2) is 24.0 Å². The van der Waals surface area contributed by atoms with Crippen LogP contribution in [0.2, 0.25) is 0 Å². The van der Waals surface area contributed by atoms with Crippen molar-refractivity contribution in [3.63, 3.8) is 0 Å². The predicted molar refractivity (Wildman–Crippen MR) is 60.7 cm³/mol. The monoisotopic (exact) mass is 276 g/mol. The minimum absolute atomic E-state index is 0.00908. The summed E-state index contributed by atoms with van der Waals surface area (Å²) in [7, 11) is 0. The standard InChI is InChI=1S/C13H12F4O2/c1-9(13(15,16)17)19-8-10-4-5-12(14)11(7-10)3-2-6-18/h4-5,7,9,18H,6,8H2,1H3. The zero-order chi connectivity index (χ0) is 14.5. The van der Waals surface area contributed by atoms with E-state index in [1.54, 1.807) is 0 Å². The Labute approximate surface area is 108 Å². The van der Waals surface area contributed by atoms with E-state index >= 15 is 0 Å². The van der Waals surface area contributed by atoms with E-state index in [1.165, 1.54) is 12.1 Å². The highest BCUT2D eigenvalue weighted by atomic mass is 19.4. The number of hydrogen-bond donors (Lipinski definition) is 1. The average Bonchev–Trinajstić information content (AvgIpc) is 2.34. The molecule has 1 atom stereocenters. The van der Waals surface area contributed by atoms with Crippen molar-refractivity contribution < 1.29 is 27.4 Å². The average molecular weight is 276 g/mol. The Morgan fingerprint density at radius 2 is 2.05 bits per heavy atom. The summed E-state index contributed by atoms with van der Waals surface area (Å²) in [5, 5.41) is 8.51. The number of rotatable bonds is 3. The van der Waals surface area contributed by atoms with Gasteiger partial charge in [-0.2, -0.15) is 13.2 Å². The van der Waals surface area contributed by atoms with Gasteiger partial charge in [-0.3, -0.25) is 0 Å². The highest BCUT2D eigenvalue weighted by Gasteiger charge is 2.36. The zero-order valence-electron chi connectivity index (χ0n) is 10.1. The molecule has 2 nitrogen and oxygen atoms in total. The minimum Gasteiger partial charge on any atom is -0.384 e. The van der Waals surface area contributed by atoms with Crippen molar-refractivity contribution in [3.05, 3.63) is 35.1 Å². The van der Waals surface area contributed by atoms with Crippen LogP contribution in [0.25, 0.3) is 0 Å². The van der Waals surface area contributed by atoms with E-state index in [-0.39, 0.29) is 12.2 Å². The molecule has 1 N–H and O–H groups in total. The Balaban J connectivity index is 2.75. The molecule has 0 saturated heterocycles. The van der Waals surface area contributed by atoms with Gasteiger partial charge in [0.2, 0.25) is 0 Å². The Morgan fingerprint density at radius 3 is 2.63 bits per heavy atom. The molecule has 0 heterocycles. The number of aliphatic hydroxyl groups is 1. The maximum Gasteiger partial charge on any atom is 0.414 e. The Morgan fingerprint density at radius 1 is 1.37 bits per heavy atom. The molecule has 1 aromatic carbocycles. The van der Waals surface area contributed by atoms with E-state index in [0.717, 1.165) is 13.0 Å². The molecule has 0 radical (unpaired) electrons. The van der Waals surface area contributed by atoms with Gasteiger partial charge in [0.1, 0.15) is 12.4 Å². The molecule has 1 rings (SSSR count). The second-order valence-corrected chi connectivity index (χ2v) is 3.77. The van der Waals surface area contributed by atoms with Gasteiger partial charge in [0, 0.05) is 0 Å². The first kappa shape index (κ1) is 15.5. The molecule has 0 aliphatic heterocycles. The molecule has 1 aromatic rings. The zero-order valence-corrected chi connectivity index (χ0v) is 10.1. The molecular weight excluding hydrogens is 264 g/mol. The molecular formula is C13H12F4O2. The van der Waals surface area contributed by atoms with Gasteiger partial charge in [0.05, 0.1) is 12.2 Å². The second kappa shape index (κ2) is 6.55. The largest absolute Gasteiger partial charge is 0.414 e. The van der Waals surface area contributed by atoms with Crippen LogP contribution in [-0.2, 0) is 11.3 Å². The number of alkyl halides is 3. The maximum atomic E-state index is 13.3. The molecule has 0 amide bonds. The first-order chi connectivity index (χ1) is 8.84. The third-order valence-corrected chi connectivity index (χ3v) is 2.29. The Bertz CT molecular complexity index is 486. The van der Waals surface area contributed by atoms with E-state index in [0.29, 0.717) is 5.56 Å². The number of halogens is 4. The van der Waals surface area contributed by atoms with Gasteiger partial charge in [-0.15, -0.1) is 0 Å². The lowest BCUT2D eigenvalue weighted by atomic mass is 10.1. The fraction of sp³-hybridized carbons (Fsp3) is 0.385. The number of ether oxygens (including phenoxy) is 1. The summed E-state index contributed by atoms with van der Waals surface area (Å²) < 4.78 is 54.6. The van der Waals surface area contributed by atoms with E-state index in [9.17, 15) is 17.6 Å². The summed E-state index contributed by atoms with van der Waals surface area (Å²) in [6.07, 6.45) is -6.33. The first-order valence-corrected chi connectivity index (χ1v) is 5.41. The van der Waals surface area contributed by atoms with Gasteiger partial charge in [-0.25, -0.2) is 4.39 Å². The fourth-order valence-corrected chi connectivity index (χ4v) is 1.21. The molecule has 104 valence electrons. The number of aliphatic hydroxyl groups excluding tert-OH is 1. The summed E-state index contributed by atoms with van der Waals surface area (Å²) in [4.78, 5) is 0. The molecule has 0 aliphatic rings. The molecule has 1 unspecified atom stereocenters. The lowest BCUT2D eigenvalue weighted by Crippen LogP contribution is -2.28. The lowest BCUT2D eigenvalue weighted by Gasteiger charge is -2.16. The van der Waals surface area contributed by atoms with Gasteiger partial charge in [-0.05, 0) is 24.6 Å². The van der Waals surface area contributed by atoms with Crippen molar-refractivity contribution >= 4 is 0 Å². The third-order valence-electron chi connectivity index (χ3n) is 2.29. The smallest absolute Gasteiger partial charge is 0.384 e. The summed E-state index contributed by atoms with van der Waals surface area (Å²) in [6, 6.07) is 3.71. The number of hydrogen-bond acceptors (Lipinski definition) is 2. The summed E-state index contributed by atoms with van der Waals surface area (Å²) in [6.45, 7) is 0.177. The molecule has 0 bridgehead atoms. The van der Waals surface area contributed by atoms with Crippen LogP contribution in [0, 0.1) is 17.7 Å². The molecule has 0 aliphatic carbocycles. The predicted octanol–water partition coefficient (Wildman–Crippen LogP) is 2.64. The van der Waals surface area contributed by atoms with Crippen LogP contribution < -0.4 is 0 Å². The quantitative estimate of drug-likeness (QED) is 0.679. The van der Waals surface area contributed by atoms with Crippen LogP contribution in [0.3, 0.4) is 0 Å². The lowest BCUT2D eigenvalue weighted by molar-refractivity contribution is -0.217. The van der Waals surface area contributed by atoms with E-state index in [1.807, 2.05) is 0 Å². The SMILES string of the molecule is CC(OCc1ccc(F)c(C#CCO)c1)C(F)(F)F. The fourth-order valence-electron chi connectivity index (χ4n) is 1.21. The highest BCUT2D eigenvalue weighted by molar-refractivity contribution is 5.38. The van der Waals surface area contributed by atoms with Crippen LogP contribution in [0.1, 0.15) is 18.1 Å².